The van der Waals surface area contributed by atoms with E-state index < -0.39 is 0 Å². The fourth-order valence-corrected chi connectivity index (χ4v) is 4.27. The fourth-order valence-electron chi connectivity index (χ4n) is 4.27. The van der Waals surface area contributed by atoms with Gasteiger partial charge in [-0.3, -0.25) is 4.79 Å². The van der Waals surface area contributed by atoms with Gasteiger partial charge >= 0.3 is 0 Å². The monoisotopic (exact) mass is 332 g/mol. The smallest absolute Gasteiger partial charge is 0.255 e. The van der Waals surface area contributed by atoms with Crippen molar-refractivity contribution < 1.29 is 14.3 Å². The zero-order valence-electron chi connectivity index (χ0n) is 14.4. The number of rotatable bonds is 6. The minimum Gasteiger partial charge on any atom is -0.490 e. The number of para-hydroxylation sites is 1. The van der Waals surface area contributed by atoms with E-state index in [9.17, 15) is 4.79 Å². The van der Waals surface area contributed by atoms with Crippen molar-refractivity contribution in [2.45, 2.75) is 44.2 Å². The molecule has 2 saturated carbocycles. The van der Waals surface area contributed by atoms with E-state index in [0.717, 1.165) is 12.8 Å². The standard InChI is InChI=1S/C19H28N2O3/c1-23-9-10-24-17-8-3-2-7-16(17)19(22)21-18-13-5-4-6-14(18)12-15(20)11-13/h2-3,7-8,13-15,18H,4-6,9-12,20H2,1H3,(H,21,22). The van der Waals surface area contributed by atoms with Gasteiger partial charge in [0, 0.05) is 19.2 Å². The summed E-state index contributed by atoms with van der Waals surface area (Å²) in [5.41, 5.74) is 6.78. The second-order valence-corrected chi connectivity index (χ2v) is 7.02. The van der Waals surface area contributed by atoms with Crippen molar-refractivity contribution in [3.05, 3.63) is 29.8 Å². The second-order valence-electron chi connectivity index (χ2n) is 7.02. The summed E-state index contributed by atoms with van der Waals surface area (Å²) in [4.78, 5) is 12.8. The summed E-state index contributed by atoms with van der Waals surface area (Å²) < 4.78 is 10.7. The predicted molar refractivity (Wildman–Crippen MR) is 93.1 cm³/mol. The minimum absolute atomic E-state index is 0.0413. The fraction of sp³-hybridized carbons (Fsp3) is 0.632. The first-order chi connectivity index (χ1) is 11.7. The maximum absolute atomic E-state index is 12.8. The number of fused-ring (bicyclic) bond motifs is 2. The number of hydrogen-bond acceptors (Lipinski definition) is 4. The van der Waals surface area contributed by atoms with Crippen molar-refractivity contribution in [2.75, 3.05) is 20.3 Å². The number of carbonyl (C=O) groups is 1. The van der Waals surface area contributed by atoms with Crippen LogP contribution in [0.3, 0.4) is 0 Å². The van der Waals surface area contributed by atoms with Gasteiger partial charge in [0.05, 0.1) is 12.2 Å². The highest BCUT2D eigenvalue weighted by atomic mass is 16.5. The number of carbonyl (C=O) groups excluding carboxylic acids is 1. The highest BCUT2D eigenvalue weighted by Crippen LogP contribution is 2.39. The lowest BCUT2D eigenvalue weighted by molar-refractivity contribution is 0.0750. The average Bonchev–Trinajstić information content (AvgIpc) is 2.56. The molecule has 24 heavy (non-hydrogen) atoms. The van der Waals surface area contributed by atoms with Crippen LogP contribution in [0.1, 0.15) is 42.5 Å². The third kappa shape index (κ3) is 3.90. The van der Waals surface area contributed by atoms with Gasteiger partial charge < -0.3 is 20.5 Å². The van der Waals surface area contributed by atoms with Crippen LogP contribution in [-0.2, 0) is 4.74 Å². The molecule has 2 bridgehead atoms. The van der Waals surface area contributed by atoms with Gasteiger partial charge in [0.2, 0.25) is 0 Å². The first-order valence-electron chi connectivity index (χ1n) is 8.96. The minimum atomic E-state index is -0.0413. The van der Waals surface area contributed by atoms with Gasteiger partial charge in [-0.2, -0.15) is 0 Å². The Hall–Kier alpha value is -1.59. The Kier molecular flexibility index (Phi) is 5.74. The van der Waals surface area contributed by atoms with Crippen molar-refractivity contribution in [3.8, 4) is 5.75 Å². The maximum Gasteiger partial charge on any atom is 0.255 e. The largest absolute Gasteiger partial charge is 0.490 e. The Balaban J connectivity index is 1.69. The second kappa shape index (κ2) is 7.99. The van der Waals surface area contributed by atoms with E-state index >= 15 is 0 Å². The third-order valence-electron chi connectivity index (χ3n) is 5.35. The molecule has 1 aromatic carbocycles. The van der Waals surface area contributed by atoms with Gasteiger partial charge in [0.15, 0.2) is 0 Å². The lowest BCUT2D eigenvalue weighted by Gasteiger charge is -2.45. The van der Waals surface area contributed by atoms with Gasteiger partial charge in [-0.1, -0.05) is 18.6 Å². The van der Waals surface area contributed by atoms with E-state index in [1.165, 1.54) is 19.3 Å². The molecular formula is C19H28N2O3. The number of nitrogens with two attached hydrogens (primary N) is 1. The summed E-state index contributed by atoms with van der Waals surface area (Å²) in [5.74, 6) is 1.60. The van der Waals surface area contributed by atoms with Gasteiger partial charge in [-0.25, -0.2) is 0 Å². The molecule has 0 saturated heterocycles. The lowest BCUT2D eigenvalue weighted by atomic mass is 9.67. The van der Waals surface area contributed by atoms with Crippen LogP contribution >= 0.6 is 0 Å². The topological polar surface area (TPSA) is 73.6 Å². The SMILES string of the molecule is COCCOc1ccccc1C(=O)NC1C2CCCC1CC(N)C2. The molecular weight excluding hydrogens is 304 g/mol. The summed E-state index contributed by atoms with van der Waals surface area (Å²) in [6.07, 6.45) is 5.63. The summed E-state index contributed by atoms with van der Waals surface area (Å²) in [7, 11) is 1.63. The Morgan fingerprint density at radius 2 is 1.92 bits per heavy atom. The van der Waals surface area contributed by atoms with Crippen molar-refractivity contribution in [3.63, 3.8) is 0 Å². The third-order valence-corrected chi connectivity index (χ3v) is 5.35. The molecule has 132 valence electrons. The molecule has 0 aromatic heterocycles. The molecule has 0 aliphatic heterocycles. The molecule has 0 spiro atoms. The molecule has 2 aliphatic carbocycles. The number of methoxy groups -OCH3 is 1. The predicted octanol–water partition coefficient (Wildman–Crippen LogP) is 2.35. The number of nitrogens with one attached hydrogen (secondary N) is 1. The zero-order chi connectivity index (χ0) is 16.9. The van der Waals surface area contributed by atoms with E-state index in [2.05, 4.69) is 5.32 Å². The molecule has 5 nitrogen and oxygen atoms in total. The van der Waals surface area contributed by atoms with Crippen LogP contribution in [0.25, 0.3) is 0 Å². The number of hydrogen-bond donors (Lipinski definition) is 2. The molecule has 2 unspecified atom stereocenters. The summed E-state index contributed by atoms with van der Waals surface area (Å²) in [6.45, 7) is 0.935. The van der Waals surface area contributed by atoms with E-state index in [0.29, 0.717) is 36.4 Å². The normalized spacial score (nSPS) is 29.1. The molecule has 2 atom stereocenters. The van der Waals surface area contributed by atoms with E-state index in [1.54, 1.807) is 7.11 Å². The molecule has 5 heteroatoms. The molecule has 0 heterocycles. The molecule has 2 aliphatic rings. The summed E-state index contributed by atoms with van der Waals surface area (Å²) in [6, 6.07) is 7.95. The van der Waals surface area contributed by atoms with Crippen LogP contribution in [0.5, 0.6) is 5.75 Å². The van der Waals surface area contributed by atoms with Crippen LogP contribution in [0.2, 0.25) is 0 Å². The number of benzene rings is 1. The first-order valence-corrected chi connectivity index (χ1v) is 8.96. The Morgan fingerprint density at radius 1 is 1.21 bits per heavy atom. The highest BCUT2D eigenvalue weighted by molar-refractivity contribution is 5.97. The van der Waals surface area contributed by atoms with Crippen LogP contribution in [0.4, 0.5) is 0 Å². The quantitative estimate of drug-likeness (QED) is 0.784. The van der Waals surface area contributed by atoms with Crippen LogP contribution in [0, 0.1) is 11.8 Å². The molecule has 2 fully saturated rings. The van der Waals surface area contributed by atoms with E-state index in [-0.39, 0.29) is 18.0 Å². The zero-order valence-corrected chi connectivity index (χ0v) is 14.4. The van der Waals surface area contributed by atoms with Crippen molar-refractivity contribution in [2.24, 2.45) is 17.6 Å². The maximum atomic E-state index is 12.8. The van der Waals surface area contributed by atoms with Crippen molar-refractivity contribution in [1.82, 2.24) is 5.32 Å². The number of ether oxygens (including phenoxy) is 2. The lowest BCUT2D eigenvalue weighted by Crippen LogP contribution is -2.53. The Morgan fingerprint density at radius 3 is 2.62 bits per heavy atom. The molecule has 3 N–H and O–H groups in total. The van der Waals surface area contributed by atoms with Crippen LogP contribution < -0.4 is 15.8 Å². The van der Waals surface area contributed by atoms with Gasteiger partial charge in [-0.15, -0.1) is 0 Å². The number of amides is 1. The van der Waals surface area contributed by atoms with Crippen molar-refractivity contribution >= 4 is 5.91 Å². The molecule has 1 amide bonds. The average molecular weight is 332 g/mol. The van der Waals surface area contributed by atoms with Crippen molar-refractivity contribution in [1.29, 1.82) is 0 Å². The van der Waals surface area contributed by atoms with E-state index in [1.807, 2.05) is 24.3 Å². The summed E-state index contributed by atoms with van der Waals surface area (Å²) in [5, 5.41) is 3.28. The molecule has 0 radical (unpaired) electrons. The van der Waals surface area contributed by atoms with E-state index in [4.69, 9.17) is 15.2 Å². The molecule has 1 aromatic rings. The molecule has 3 rings (SSSR count). The van der Waals surface area contributed by atoms with Gasteiger partial charge in [0.25, 0.3) is 5.91 Å². The first kappa shape index (κ1) is 17.2. The van der Waals surface area contributed by atoms with Crippen LogP contribution in [-0.4, -0.2) is 38.3 Å². The van der Waals surface area contributed by atoms with Gasteiger partial charge in [0.1, 0.15) is 12.4 Å². The van der Waals surface area contributed by atoms with Gasteiger partial charge in [-0.05, 0) is 49.7 Å². The highest BCUT2D eigenvalue weighted by Gasteiger charge is 2.40. The van der Waals surface area contributed by atoms with Crippen LogP contribution in [0.15, 0.2) is 24.3 Å². The Bertz CT molecular complexity index is 549. The Labute approximate surface area is 143 Å². The summed E-state index contributed by atoms with van der Waals surface area (Å²) >= 11 is 0.